The highest BCUT2D eigenvalue weighted by molar-refractivity contribution is 6.26. The van der Waals surface area contributed by atoms with Gasteiger partial charge < -0.3 is 28.4 Å². The van der Waals surface area contributed by atoms with E-state index < -0.39 is 0 Å². The Labute approximate surface area is 860 Å². The lowest BCUT2D eigenvalue weighted by atomic mass is 9.97. The Kier molecular flexibility index (Phi) is 23.3. The summed E-state index contributed by atoms with van der Waals surface area (Å²) in [6.07, 6.45) is 0. The minimum Gasteiger partial charge on any atom is -0.310 e. The van der Waals surface area contributed by atoms with Gasteiger partial charge in [-0.3, -0.25) is 0 Å². The van der Waals surface area contributed by atoms with E-state index in [9.17, 15) is 0 Å². The SMILES string of the molecule is c1ccc(-c2ccc(N(c3ccc(-c4cccc5ccccc45)cc3)c3cc4c5ccccc5n(-c5ccccc5)c4c4ccccc34)cc2)cc1.c1ccc(-c2ccc(N(c3ccc(-c4ccccc4)cc3)c3cc4c5ccccc5n(-c5ccccc5)c4c4ccccc34)cc2)cc1.c1ccc(-c2ccc(N(c3cccc(-c4ccccc4)c3)c3cc4c5ccccc5n(-c5ccccc5)c4c4ccccc34)cc2)cc1. The van der Waals surface area contributed by atoms with E-state index in [-0.39, 0.29) is 0 Å². The number of fused-ring (bicyclic) bond motifs is 16. The second kappa shape index (κ2) is 39.0. The molecule has 25 aromatic carbocycles. The van der Waals surface area contributed by atoms with E-state index in [1.807, 2.05) is 0 Å². The van der Waals surface area contributed by atoms with Crippen molar-refractivity contribution in [2.45, 2.75) is 0 Å². The van der Waals surface area contributed by atoms with Crippen LogP contribution < -0.4 is 14.7 Å². The van der Waals surface area contributed by atoms with Crippen molar-refractivity contribution in [1.29, 1.82) is 0 Å². The van der Waals surface area contributed by atoms with Crippen molar-refractivity contribution < 1.29 is 0 Å². The molecule has 0 radical (unpaired) electrons. The summed E-state index contributed by atoms with van der Waals surface area (Å²) in [5.41, 5.74) is 35.3. The van der Waals surface area contributed by atoms with Gasteiger partial charge in [-0.2, -0.15) is 0 Å². The summed E-state index contributed by atoms with van der Waals surface area (Å²) in [6, 6.07) is 214. The third-order valence-corrected chi connectivity index (χ3v) is 29.1. The molecule has 0 fully saturated rings. The van der Waals surface area contributed by atoms with Crippen LogP contribution in [0.25, 0.3) is 192 Å². The zero-order valence-electron chi connectivity index (χ0n) is 81.3. The number of aromatic nitrogens is 3. The fraction of sp³-hybridized carbons (Fsp3) is 0. The standard InChI is InChI=1S/C50H34N2.2C46H32N2/c1-3-14-35(15-4-1)36-26-30-40(31-27-36)51(41-32-28-38(29-33-41)43-24-13-17-37-16-7-8-20-42(37)43)49-34-47-45-22-11-12-25-48(45)52(39-18-5-2-6-19-39)50(47)46-23-10-9-21-44(46)49;1-4-15-33(16-5-1)35-27-29-38(30-28-35)47(39-22-14-19-36(31-39)34-17-6-2-7-18-34)45-32-43-41-24-12-13-26-44(41)48(37-20-8-3-9-21-37)46(43)42-25-11-10-23-40(42)45;1-4-14-33(15-5-1)35-24-28-38(29-25-35)47(39-30-26-36(27-31-39)34-16-6-2-7-17-34)45-32-43-41-21-12-13-23-44(41)48(37-18-8-3-9-19-37)46(43)42-22-11-10-20-40(42)45/h1-34H;2*1-32H. The number of anilines is 9. The summed E-state index contributed by atoms with van der Waals surface area (Å²) in [5, 5.41) is 17.2. The smallest absolute Gasteiger partial charge is 0.0621 e. The van der Waals surface area contributed by atoms with Gasteiger partial charge >= 0.3 is 0 Å². The van der Waals surface area contributed by atoms with Crippen LogP contribution in [0.15, 0.2) is 595 Å². The third-order valence-electron chi connectivity index (χ3n) is 29.1. The molecule has 0 aliphatic heterocycles. The van der Waals surface area contributed by atoms with Crippen molar-refractivity contribution in [1.82, 2.24) is 13.7 Å². The van der Waals surface area contributed by atoms with Gasteiger partial charge in [0.05, 0.1) is 50.2 Å². The number of hydrogen-bond acceptors (Lipinski definition) is 3. The van der Waals surface area contributed by atoms with Gasteiger partial charge in [0.1, 0.15) is 0 Å². The first-order valence-corrected chi connectivity index (χ1v) is 50.8. The zero-order chi connectivity index (χ0) is 98.2. The van der Waals surface area contributed by atoms with E-state index in [0.717, 1.165) is 68.2 Å². The number of benzene rings is 25. The van der Waals surface area contributed by atoms with Gasteiger partial charge in [0, 0.05) is 116 Å². The molecule has 0 spiro atoms. The van der Waals surface area contributed by atoms with Gasteiger partial charge in [-0.15, -0.1) is 0 Å². The van der Waals surface area contributed by atoms with Gasteiger partial charge in [-0.05, 0) is 223 Å². The quantitative estimate of drug-likeness (QED) is 0.0856. The minimum atomic E-state index is 1.10. The van der Waals surface area contributed by atoms with Gasteiger partial charge in [0.25, 0.3) is 0 Å². The maximum Gasteiger partial charge on any atom is 0.0621 e. The molecule has 6 nitrogen and oxygen atoms in total. The summed E-state index contributed by atoms with van der Waals surface area (Å²) >= 11 is 0. The first-order chi connectivity index (χ1) is 73.5. The third kappa shape index (κ3) is 16.5. The van der Waals surface area contributed by atoms with Crippen LogP contribution >= 0.6 is 0 Å². The van der Waals surface area contributed by atoms with Crippen molar-refractivity contribution in [2.75, 3.05) is 14.7 Å². The molecule has 28 rings (SSSR count). The van der Waals surface area contributed by atoms with Gasteiger partial charge in [-0.1, -0.05) is 449 Å². The van der Waals surface area contributed by atoms with Crippen molar-refractivity contribution in [2.24, 2.45) is 0 Å². The second-order valence-corrected chi connectivity index (χ2v) is 37.7. The van der Waals surface area contributed by atoms with Gasteiger partial charge in [-0.25, -0.2) is 0 Å². The first-order valence-electron chi connectivity index (χ1n) is 50.8. The number of para-hydroxylation sites is 6. The van der Waals surface area contributed by atoms with Crippen LogP contribution in [0.3, 0.4) is 0 Å². The molecular formula is C142H98N6. The maximum atomic E-state index is 2.43. The Morgan fingerprint density at radius 1 is 0.122 bits per heavy atom. The molecular weight excluding hydrogens is 1790 g/mol. The Bertz CT molecular complexity index is 9610. The average molecular weight is 1890 g/mol. The largest absolute Gasteiger partial charge is 0.310 e. The summed E-state index contributed by atoms with van der Waals surface area (Å²) in [5.74, 6) is 0. The van der Waals surface area contributed by atoms with E-state index >= 15 is 0 Å². The highest BCUT2D eigenvalue weighted by Crippen LogP contribution is 2.52. The van der Waals surface area contributed by atoms with E-state index in [0.29, 0.717) is 0 Å². The predicted molar refractivity (Wildman–Crippen MR) is 629 cm³/mol. The Morgan fingerprint density at radius 3 is 0.649 bits per heavy atom. The molecule has 6 heteroatoms. The van der Waals surface area contributed by atoms with Crippen LogP contribution in [0.4, 0.5) is 51.2 Å². The normalized spacial score (nSPS) is 11.4. The van der Waals surface area contributed by atoms with Crippen LogP contribution in [0, 0.1) is 0 Å². The molecule has 3 aromatic heterocycles. The number of rotatable bonds is 18. The highest BCUT2D eigenvalue weighted by Gasteiger charge is 2.28. The Balaban J connectivity index is 0.000000112. The van der Waals surface area contributed by atoms with Crippen LogP contribution in [0.5, 0.6) is 0 Å². The van der Waals surface area contributed by atoms with Crippen LogP contribution in [0.2, 0.25) is 0 Å². The van der Waals surface area contributed by atoms with Gasteiger partial charge in [0.2, 0.25) is 0 Å². The monoisotopic (exact) mass is 1890 g/mol. The fourth-order valence-corrected chi connectivity index (χ4v) is 22.2. The molecule has 0 amide bonds. The molecule has 0 N–H and O–H groups in total. The molecule has 0 atom stereocenters. The second-order valence-electron chi connectivity index (χ2n) is 37.7. The maximum absolute atomic E-state index is 2.43. The van der Waals surface area contributed by atoms with Crippen LogP contribution in [-0.2, 0) is 0 Å². The fourth-order valence-electron chi connectivity index (χ4n) is 22.2. The first kappa shape index (κ1) is 88.5. The minimum absolute atomic E-state index is 1.10. The molecule has 0 unspecified atom stereocenters. The predicted octanol–water partition coefficient (Wildman–Crippen LogP) is 39.4. The molecule has 0 aliphatic rings. The molecule has 0 saturated carbocycles. The summed E-state index contributed by atoms with van der Waals surface area (Å²) in [7, 11) is 0. The van der Waals surface area contributed by atoms with Crippen molar-refractivity contribution >= 4 is 160 Å². The molecule has 0 aliphatic carbocycles. The average Bonchev–Trinajstić information content (AvgIpc) is 1.56. The molecule has 3 heterocycles. The lowest BCUT2D eigenvalue weighted by molar-refractivity contribution is 1.19. The lowest BCUT2D eigenvalue weighted by Gasteiger charge is -2.28. The molecule has 28 aromatic rings. The molecule has 0 bridgehead atoms. The van der Waals surface area contributed by atoms with Crippen molar-refractivity contribution in [3.8, 4) is 83.8 Å². The van der Waals surface area contributed by atoms with Gasteiger partial charge in [0.15, 0.2) is 0 Å². The van der Waals surface area contributed by atoms with Crippen LogP contribution in [-0.4, -0.2) is 13.7 Å². The Morgan fingerprint density at radius 2 is 0.338 bits per heavy atom. The summed E-state index contributed by atoms with van der Waals surface area (Å²) < 4.78 is 7.27. The van der Waals surface area contributed by atoms with Crippen molar-refractivity contribution in [3.63, 3.8) is 0 Å². The molecule has 148 heavy (non-hydrogen) atoms. The highest BCUT2D eigenvalue weighted by atomic mass is 15.2. The summed E-state index contributed by atoms with van der Waals surface area (Å²) in [6.45, 7) is 0. The van der Waals surface area contributed by atoms with E-state index in [1.165, 1.54) is 175 Å². The lowest BCUT2D eigenvalue weighted by Crippen LogP contribution is -2.11. The van der Waals surface area contributed by atoms with Crippen LogP contribution in [0.1, 0.15) is 0 Å². The van der Waals surface area contributed by atoms with E-state index in [2.05, 4.69) is 623 Å². The topological polar surface area (TPSA) is 24.5 Å². The van der Waals surface area contributed by atoms with E-state index in [4.69, 9.17) is 0 Å². The van der Waals surface area contributed by atoms with Crippen molar-refractivity contribution in [3.05, 3.63) is 595 Å². The number of nitrogens with zero attached hydrogens (tertiary/aromatic N) is 6. The van der Waals surface area contributed by atoms with E-state index in [1.54, 1.807) is 0 Å². The summed E-state index contributed by atoms with van der Waals surface area (Å²) in [4.78, 5) is 7.27. The molecule has 696 valence electrons. The Hall–Kier alpha value is -19.7. The molecule has 0 saturated heterocycles. The number of hydrogen-bond donors (Lipinski definition) is 0. The zero-order valence-corrected chi connectivity index (χ0v) is 81.3.